The van der Waals surface area contributed by atoms with Gasteiger partial charge in [-0.1, -0.05) is 53.7 Å². The second-order valence-electron chi connectivity index (χ2n) is 15.0. The summed E-state index contributed by atoms with van der Waals surface area (Å²) in [6.07, 6.45) is 1.48. The molecule has 0 fully saturated rings. The van der Waals surface area contributed by atoms with Crippen molar-refractivity contribution in [3.8, 4) is 0 Å². The second kappa shape index (κ2) is 11.3. The fourth-order valence-corrected chi connectivity index (χ4v) is 7.33. The molecule has 0 radical (unpaired) electrons. The van der Waals surface area contributed by atoms with Crippen LogP contribution in [0.15, 0.2) is 82.8 Å². The first-order chi connectivity index (χ1) is 23.0. The minimum absolute atomic E-state index is 0.0594. The van der Waals surface area contributed by atoms with Crippen LogP contribution in [0.1, 0.15) is 89.4 Å². The van der Waals surface area contributed by atoms with Crippen molar-refractivity contribution >= 4 is 67.3 Å². The lowest BCUT2D eigenvalue weighted by atomic mass is 9.80. The molecule has 0 bridgehead atoms. The van der Waals surface area contributed by atoms with Crippen LogP contribution < -0.4 is 4.90 Å². The van der Waals surface area contributed by atoms with Crippen LogP contribution in [-0.4, -0.2) is 11.6 Å². The van der Waals surface area contributed by atoms with Crippen molar-refractivity contribution in [3.05, 3.63) is 128 Å². The number of rotatable bonds is 4. The Morgan fingerprint density at radius 2 is 1.22 bits per heavy atom. The number of nitrogens with zero attached hydrogens (tertiary/aromatic N) is 1. The summed E-state index contributed by atoms with van der Waals surface area (Å²) in [6.45, 7) is 17.7. The lowest BCUT2D eigenvalue weighted by molar-refractivity contribution is 0.0990. The molecule has 0 N–H and O–H groups in total. The molecule has 2 heterocycles. The summed E-state index contributed by atoms with van der Waals surface area (Å²) in [6, 6.07) is 23.0. The van der Waals surface area contributed by atoms with Crippen LogP contribution in [0.5, 0.6) is 0 Å². The summed E-state index contributed by atoms with van der Waals surface area (Å²) < 4.78 is 34.9. The van der Waals surface area contributed by atoms with Gasteiger partial charge in [-0.15, -0.1) is 11.3 Å². The molecule has 7 heteroatoms. The summed E-state index contributed by atoms with van der Waals surface area (Å²) in [4.78, 5) is 28.8. The maximum Gasteiger partial charge on any atom is 0.197 e. The Labute approximate surface area is 288 Å². The Morgan fingerprint density at radius 3 is 1.80 bits per heavy atom. The lowest BCUT2D eigenvalue weighted by Crippen LogP contribution is -2.19. The van der Waals surface area contributed by atoms with E-state index >= 15 is 0 Å². The highest BCUT2D eigenvalue weighted by atomic mass is 32.1. The summed E-state index contributed by atoms with van der Waals surface area (Å²) in [7, 11) is 0. The van der Waals surface area contributed by atoms with Crippen LogP contribution in [0.2, 0.25) is 0 Å². The van der Waals surface area contributed by atoms with E-state index in [1.54, 1.807) is 6.07 Å². The molecule has 4 aromatic carbocycles. The van der Waals surface area contributed by atoms with E-state index in [9.17, 15) is 18.4 Å². The van der Waals surface area contributed by atoms with Crippen LogP contribution in [0, 0.1) is 25.5 Å². The molecule has 0 saturated heterocycles. The van der Waals surface area contributed by atoms with Crippen molar-refractivity contribution in [2.45, 2.75) is 66.2 Å². The second-order valence-corrected chi connectivity index (χ2v) is 16.1. The highest BCUT2D eigenvalue weighted by Crippen LogP contribution is 2.44. The number of ketones is 2. The van der Waals surface area contributed by atoms with Gasteiger partial charge in [0.05, 0.1) is 10.3 Å². The topological polar surface area (TPSA) is 50.5 Å². The summed E-state index contributed by atoms with van der Waals surface area (Å²) >= 11 is 1.39. The minimum atomic E-state index is -1.16. The zero-order valence-corrected chi connectivity index (χ0v) is 29.7. The van der Waals surface area contributed by atoms with Gasteiger partial charge in [0.25, 0.3) is 0 Å². The van der Waals surface area contributed by atoms with Crippen LogP contribution in [0.3, 0.4) is 0 Å². The average molecular weight is 674 g/mol. The number of anilines is 3. The smallest absolute Gasteiger partial charge is 0.197 e. The molecular weight excluding hydrogens is 637 g/mol. The number of halogens is 2. The first-order valence-electron chi connectivity index (χ1n) is 16.3. The first kappa shape index (κ1) is 32.7. The van der Waals surface area contributed by atoms with E-state index in [1.165, 1.54) is 39.7 Å². The predicted molar refractivity (Wildman–Crippen MR) is 196 cm³/mol. The molecule has 1 aliphatic rings. The van der Waals surface area contributed by atoms with E-state index in [1.807, 2.05) is 6.07 Å². The number of carbonyl (C=O) groups excluding carboxylic acids is 2. The normalized spacial score (nSPS) is 13.6. The van der Waals surface area contributed by atoms with Crippen molar-refractivity contribution < 1.29 is 22.8 Å². The molecule has 7 rings (SSSR count). The lowest BCUT2D eigenvalue weighted by Gasteiger charge is -2.31. The standard InChI is InChI=1S/C42H37F2NO3S/c1-22-9-10-26(13-23(22)2)45(28-15-24(41(3,4)5)14-25(16-28)42(6,7)8)27-11-12-30-36(17-27)48-37-19-29(49-40(30)37)18-33-38(46)31-20-34(43)35(44)21-32(31)39(33)47/h9-21H,1-8H3. The molecule has 49 heavy (non-hydrogen) atoms. The number of carbonyl (C=O) groups is 2. The Morgan fingerprint density at radius 1 is 0.653 bits per heavy atom. The van der Waals surface area contributed by atoms with Crippen molar-refractivity contribution in [1.82, 2.24) is 0 Å². The van der Waals surface area contributed by atoms with Gasteiger partial charge in [0, 0.05) is 44.5 Å². The Kier molecular flexibility index (Phi) is 7.56. The van der Waals surface area contributed by atoms with Crippen LogP contribution in [0.25, 0.3) is 27.3 Å². The zero-order chi connectivity index (χ0) is 35.2. The zero-order valence-electron chi connectivity index (χ0n) is 28.8. The SMILES string of the molecule is Cc1ccc(N(c2cc(C(C)(C)C)cc(C(C)(C)C)c2)c2ccc3c(c2)oc2cc(C=C4C(=O)c5cc(F)c(F)cc5C4=O)sc23)cc1C. The summed E-state index contributed by atoms with van der Waals surface area (Å²) in [5.74, 6) is -3.55. The number of benzene rings is 4. The van der Waals surface area contributed by atoms with E-state index in [0.717, 1.165) is 39.3 Å². The molecule has 0 aliphatic heterocycles. The largest absolute Gasteiger partial charge is 0.455 e. The number of hydrogen-bond donors (Lipinski definition) is 0. The van der Waals surface area contributed by atoms with Gasteiger partial charge in [0.2, 0.25) is 0 Å². The van der Waals surface area contributed by atoms with Gasteiger partial charge in [0.15, 0.2) is 23.2 Å². The molecule has 0 spiro atoms. The third-order valence-corrected chi connectivity index (χ3v) is 10.5. The number of aryl methyl sites for hydroxylation is 2. The summed E-state index contributed by atoms with van der Waals surface area (Å²) in [5, 5.41) is 0.906. The van der Waals surface area contributed by atoms with Crippen LogP contribution in [-0.2, 0) is 10.8 Å². The molecule has 0 amide bonds. The average Bonchev–Trinajstić information content (AvgIpc) is 3.64. The van der Waals surface area contributed by atoms with E-state index in [0.29, 0.717) is 16.0 Å². The minimum Gasteiger partial charge on any atom is -0.455 e. The van der Waals surface area contributed by atoms with Gasteiger partial charge < -0.3 is 9.32 Å². The van der Waals surface area contributed by atoms with Crippen LogP contribution in [0.4, 0.5) is 25.8 Å². The fraction of sp³-hybridized carbons (Fsp3) is 0.238. The number of allylic oxidation sites excluding steroid dienone is 1. The number of fused-ring (bicyclic) bond motifs is 4. The highest BCUT2D eigenvalue weighted by Gasteiger charge is 2.35. The molecule has 2 aromatic heterocycles. The molecule has 0 unspecified atom stereocenters. The molecule has 4 nitrogen and oxygen atoms in total. The van der Waals surface area contributed by atoms with Gasteiger partial charge in [-0.3, -0.25) is 9.59 Å². The number of thiophene rings is 1. The third-order valence-electron chi connectivity index (χ3n) is 9.39. The molecular formula is C42H37F2NO3S. The van der Waals surface area contributed by atoms with Gasteiger partial charge in [-0.25, -0.2) is 8.78 Å². The Balaban J connectivity index is 1.33. The predicted octanol–water partition coefficient (Wildman–Crippen LogP) is 12.1. The number of hydrogen-bond acceptors (Lipinski definition) is 5. The molecule has 0 atom stereocenters. The van der Waals surface area contributed by atoms with Crippen LogP contribution >= 0.6 is 11.3 Å². The van der Waals surface area contributed by atoms with Crippen molar-refractivity contribution in [1.29, 1.82) is 0 Å². The van der Waals surface area contributed by atoms with E-state index < -0.39 is 23.2 Å². The number of Topliss-reactive ketones (excluding diaryl/α,β-unsaturated/α-hetero) is 2. The maximum absolute atomic E-state index is 13.8. The third kappa shape index (κ3) is 5.70. The van der Waals surface area contributed by atoms with Crippen molar-refractivity contribution in [3.63, 3.8) is 0 Å². The van der Waals surface area contributed by atoms with Gasteiger partial charge >= 0.3 is 0 Å². The molecule has 0 saturated carbocycles. The maximum atomic E-state index is 13.8. The highest BCUT2D eigenvalue weighted by molar-refractivity contribution is 7.20. The molecule has 248 valence electrons. The quantitative estimate of drug-likeness (QED) is 0.138. The first-order valence-corrected chi connectivity index (χ1v) is 17.1. The van der Waals surface area contributed by atoms with E-state index in [-0.39, 0.29) is 27.5 Å². The van der Waals surface area contributed by atoms with Gasteiger partial charge in [-0.05, 0) is 108 Å². The molecule has 1 aliphatic carbocycles. The fourth-order valence-electron chi connectivity index (χ4n) is 6.28. The Bertz CT molecular complexity index is 2320. The monoisotopic (exact) mass is 673 g/mol. The number of furan rings is 1. The van der Waals surface area contributed by atoms with Gasteiger partial charge in [-0.2, -0.15) is 0 Å². The van der Waals surface area contributed by atoms with Crippen molar-refractivity contribution in [2.75, 3.05) is 4.90 Å². The Hall–Kier alpha value is -4.88. The summed E-state index contributed by atoms with van der Waals surface area (Å²) in [5.41, 5.74) is 8.84. The van der Waals surface area contributed by atoms with E-state index in [4.69, 9.17) is 4.42 Å². The molecule has 6 aromatic rings. The van der Waals surface area contributed by atoms with Gasteiger partial charge in [0.1, 0.15) is 11.2 Å². The van der Waals surface area contributed by atoms with Crippen molar-refractivity contribution in [2.24, 2.45) is 0 Å². The van der Waals surface area contributed by atoms with E-state index in [2.05, 4.69) is 109 Å².